The summed E-state index contributed by atoms with van der Waals surface area (Å²) >= 11 is 0. The van der Waals surface area contributed by atoms with Gasteiger partial charge in [0.2, 0.25) is 0 Å². The normalized spacial score (nSPS) is 10.9. The van der Waals surface area contributed by atoms with Gasteiger partial charge in [-0.25, -0.2) is 0 Å². The van der Waals surface area contributed by atoms with Crippen molar-refractivity contribution >= 4 is 17.1 Å². The van der Waals surface area contributed by atoms with Gasteiger partial charge in [-0.15, -0.1) is 0 Å². The van der Waals surface area contributed by atoms with Gasteiger partial charge < -0.3 is 4.90 Å². The summed E-state index contributed by atoms with van der Waals surface area (Å²) in [6, 6.07) is 22.7. The highest BCUT2D eigenvalue weighted by Gasteiger charge is 2.16. The van der Waals surface area contributed by atoms with Crippen molar-refractivity contribution in [2.24, 2.45) is 0 Å². The molecule has 1 nitrogen and oxygen atoms in total. The van der Waals surface area contributed by atoms with E-state index in [4.69, 9.17) is 0 Å². The fourth-order valence-electron chi connectivity index (χ4n) is 4.09. The fourth-order valence-corrected chi connectivity index (χ4v) is 4.09. The summed E-state index contributed by atoms with van der Waals surface area (Å²) in [7, 11) is 0. The van der Waals surface area contributed by atoms with Gasteiger partial charge in [0.25, 0.3) is 0 Å². The molecule has 1 heteroatoms. The molecule has 0 fully saturated rings. The molecule has 0 heterocycles. The lowest BCUT2D eigenvalue weighted by atomic mass is 10.0. The summed E-state index contributed by atoms with van der Waals surface area (Å²) in [5, 5.41) is 0. The Hall–Kier alpha value is -2.54. The topological polar surface area (TPSA) is 3.24 Å². The lowest BCUT2D eigenvalue weighted by Gasteiger charge is -2.29. The highest BCUT2D eigenvalue weighted by molar-refractivity contribution is 5.80. The number of rotatable bonds is 8. The molecule has 0 saturated heterocycles. The number of aryl methyl sites for hydroxylation is 5. The van der Waals surface area contributed by atoms with Gasteiger partial charge >= 0.3 is 0 Å². The van der Waals surface area contributed by atoms with Crippen molar-refractivity contribution in [1.29, 1.82) is 0 Å². The molecule has 0 saturated carbocycles. The minimum Gasteiger partial charge on any atom is -0.310 e. The van der Waals surface area contributed by atoms with E-state index < -0.39 is 0 Å². The molecule has 0 aromatic heterocycles. The second-order valence-corrected chi connectivity index (χ2v) is 8.39. The number of nitrogens with zero attached hydrogens (tertiary/aromatic N) is 1. The van der Waals surface area contributed by atoms with Crippen LogP contribution in [0.15, 0.2) is 60.7 Å². The van der Waals surface area contributed by atoms with Crippen LogP contribution >= 0.6 is 0 Å². The van der Waals surface area contributed by atoms with Crippen molar-refractivity contribution in [3.63, 3.8) is 0 Å². The molecule has 0 aliphatic rings. The second-order valence-electron chi connectivity index (χ2n) is 8.39. The molecule has 0 bridgehead atoms. The Labute approximate surface area is 177 Å². The Morgan fingerprint density at radius 2 is 1.17 bits per heavy atom. The van der Waals surface area contributed by atoms with Gasteiger partial charge in [0.1, 0.15) is 0 Å². The van der Waals surface area contributed by atoms with Crippen LogP contribution in [0.3, 0.4) is 0 Å². The number of unbranched alkanes of at least 4 members (excludes halogenated alkanes) is 3. The monoisotopic (exact) mass is 385 g/mol. The summed E-state index contributed by atoms with van der Waals surface area (Å²) in [4.78, 5) is 2.41. The standard InChI is InChI=1S/C28H35N/c1-6-7-8-9-10-25-13-15-26(16-14-25)29(27-17-11-21(2)19-23(27)4)28-18-12-22(3)20-24(28)5/h11-20H,6-10H2,1-5H3. The Balaban J connectivity index is 1.97. The fraction of sp³-hybridized carbons (Fsp3) is 0.357. The third kappa shape index (κ3) is 5.29. The van der Waals surface area contributed by atoms with Gasteiger partial charge in [0.05, 0.1) is 0 Å². The van der Waals surface area contributed by atoms with E-state index in [1.807, 2.05) is 0 Å². The maximum Gasteiger partial charge on any atom is 0.0491 e. The Morgan fingerprint density at radius 1 is 0.621 bits per heavy atom. The minimum atomic E-state index is 1.17. The van der Waals surface area contributed by atoms with E-state index in [0.717, 1.165) is 0 Å². The predicted octanol–water partition coefficient (Wildman–Crippen LogP) is 8.51. The van der Waals surface area contributed by atoms with E-state index in [1.165, 1.54) is 77.0 Å². The maximum atomic E-state index is 2.41. The van der Waals surface area contributed by atoms with Crippen LogP contribution in [0.4, 0.5) is 17.1 Å². The van der Waals surface area contributed by atoms with Crippen molar-refractivity contribution in [1.82, 2.24) is 0 Å². The number of hydrogen-bond acceptors (Lipinski definition) is 1. The largest absolute Gasteiger partial charge is 0.310 e. The minimum absolute atomic E-state index is 1.17. The molecule has 152 valence electrons. The second kappa shape index (κ2) is 9.78. The molecule has 0 spiro atoms. The quantitative estimate of drug-likeness (QED) is 0.351. The molecular weight excluding hydrogens is 350 g/mol. The van der Waals surface area contributed by atoms with E-state index in [9.17, 15) is 0 Å². The Kier molecular flexibility index (Phi) is 7.14. The third-order valence-electron chi connectivity index (χ3n) is 5.70. The maximum absolute atomic E-state index is 2.41. The zero-order valence-electron chi connectivity index (χ0n) is 18.8. The molecule has 0 N–H and O–H groups in total. The molecule has 0 aliphatic heterocycles. The highest BCUT2D eigenvalue weighted by Crippen LogP contribution is 2.38. The van der Waals surface area contributed by atoms with Gasteiger partial charge in [-0.2, -0.15) is 0 Å². The highest BCUT2D eigenvalue weighted by atomic mass is 15.1. The lowest BCUT2D eigenvalue weighted by molar-refractivity contribution is 0.667. The molecule has 0 aliphatic carbocycles. The predicted molar refractivity (Wildman–Crippen MR) is 128 cm³/mol. The summed E-state index contributed by atoms with van der Waals surface area (Å²) in [5.41, 5.74) is 10.4. The molecule has 0 unspecified atom stereocenters. The van der Waals surface area contributed by atoms with E-state index in [0.29, 0.717) is 0 Å². The first-order valence-corrected chi connectivity index (χ1v) is 11.0. The molecule has 3 aromatic carbocycles. The molecule has 3 rings (SSSR count). The van der Waals surface area contributed by atoms with E-state index in [1.54, 1.807) is 0 Å². The van der Waals surface area contributed by atoms with E-state index in [-0.39, 0.29) is 0 Å². The zero-order chi connectivity index (χ0) is 20.8. The summed E-state index contributed by atoms with van der Waals surface area (Å²) in [5.74, 6) is 0. The number of benzene rings is 3. The molecule has 0 amide bonds. The van der Waals surface area contributed by atoms with E-state index in [2.05, 4.69) is 100 Å². The molecule has 3 aromatic rings. The van der Waals surface area contributed by atoms with Gasteiger partial charge in [-0.3, -0.25) is 0 Å². The molecular formula is C28H35N. The molecule has 0 atom stereocenters. The van der Waals surface area contributed by atoms with Crippen LogP contribution in [0.5, 0.6) is 0 Å². The average Bonchev–Trinajstić information content (AvgIpc) is 2.69. The molecule has 0 radical (unpaired) electrons. The van der Waals surface area contributed by atoms with Crippen molar-refractivity contribution in [2.45, 2.75) is 66.7 Å². The van der Waals surface area contributed by atoms with Crippen LogP contribution in [0.25, 0.3) is 0 Å². The first-order chi connectivity index (χ1) is 14.0. The smallest absolute Gasteiger partial charge is 0.0491 e. The van der Waals surface area contributed by atoms with Crippen LogP contribution in [0.1, 0.15) is 60.4 Å². The zero-order valence-corrected chi connectivity index (χ0v) is 18.8. The van der Waals surface area contributed by atoms with Crippen LogP contribution in [0, 0.1) is 27.7 Å². The van der Waals surface area contributed by atoms with Gasteiger partial charge in [0.15, 0.2) is 0 Å². The SMILES string of the molecule is CCCCCCc1ccc(N(c2ccc(C)cc2C)c2ccc(C)cc2C)cc1. The van der Waals surface area contributed by atoms with Crippen LogP contribution in [0.2, 0.25) is 0 Å². The van der Waals surface area contributed by atoms with Crippen LogP contribution in [-0.4, -0.2) is 0 Å². The Bertz CT molecular complexity index is 886. The first kappa shape index (κ1) is 21.2. The third-order valence-corrected chi connectivity index (χ3v) is 5.70. The summed E-state index contributed by atoms with van der Waals surface area (Å²) < 4.78 is 0. The van der Waals surface area contributed by atoms with Crippen LogP contribution in [-0.2, 0) is 6.42 Å². The molecule has 29 heavy (non-hydrogen) atoms. The lowest BCUT2D eigenvalue weighted by Crippen LogP contribution is -2.13. The number of anilines is 3. The number of hydrogen-bond donors (Lipinski definition) is 0. The van der Waals surface area contributed by atoms with Gasteiger partial charge in [-0.05, 0) is 81.5 Å². The van der Waals surface area contributed by atoms with Crippen molar-refractivity contribution in [3.05, 3.63) is 88.5 Å². The van der Waals surface area contributed by atoms with Gasteiger partial charge in [-0.1, -0.05) is 73.7 Å². The summed E-state index contributed by atoms with van der Waals surface area (Å²) in [6.45, 7) is 11.0. The van der Waals surface area contributed by atoms with Crippen LogP contribution < -0.4 is 4.90 Å². The van der Waals surface area contributed by atoms with E-state index >= 15 is 0 Å². The Morgan fingerprint density at radius 3 is 1.66 bits per heavy atom. The van der Waals surface area contributed by atoms with Crippen molar-refractivity contribution < 1.29 is 0 Å². The summed E-state index contributed by atoms with van der Waals surface area (Å²) in [6.07, 6.45) is 6.42. The van der Waals surface area contributed by atoms with Gasteiger partial charge in [0, 0.05) is 17.1 Å². The average molecular weight is 386 g/mol. The van der Waals surface area contributed by atoms with Crippen molar-refractivity contribution in [3.8, 4) is 0 Å². The first-order valence-electron chi connectivity index (χ1n) is 11.0. The van der Waals surface area contributed by atoms with Crippen molar-refractivity contribution in [2.75, 3.05) is 4.90 Å².